The smallest absolute Gasteiger partial charge is 0.310 e. The molecule has 2 amide bonds. The molecule has 1 aliphatic carbocycles. The van der Waals surface area contributed by atoms with Gasteiger partial charge in [-0.15, -0.1) is 0 Å². The number of hydrogen-bond acceptors (Lipinski definition) is 5. The van der Waals surface area contributed by atoms with Crippen LogP contribution in [0.1, 0.15) is 53.4 Å². The van der Waals surface area contributed by atoms with E-state index in [-0.39, 0.29) is 48.9 Å². The van der Waals surface area contributed by atoms with Gasteiger partial charge in [0.05, 0.1) is 18.4 Å². The van der Waals surface area contributed by atoms with Crippen molar-refractivity contribution >= 4 is 17.8 Å². The molecule has 2 aliphatic rings. The number of ether oxygens (including phenoxy) is 1. The van der Waals surface area contributed by atoms with E-state index in [1.54, 1.807) is 11.8 Å². The average Bonchev–Trinajstić information content (AvgIpc) is 2.96. The Hall–Kier alpha value is -1.89. The molecule has 164 valence electrons. The van der Waals surface area contributed by atoms with E-state index in [1.165, 1.54) is 0 Å². The lowest BCUT2D eigenvalue weighted by molar-refractivity contribution is -0.155. The molecule has 5 atom stereocenters. The Bertz CT molecular complexity index is 618. The molecule has 1 aliphatic heterocycles. The normalized spacial score (nSPS) is 28.6. The number of fused-ring (bicyclic) bond motifs is 1. The van der Waals surface area contributed by atoms with E-state index in [2.05, 4.69) is 5.32 Å². The van der Waals surface area contributed by atoms with Crippen LogP contribution in [0.15, 0.2) is 12.2 Å². The van der Waals surface area contributed by atoms with Gasteiger partial charge in [0.2, 0.25) is 11.8 Å². The van der Waals surface area contributed by atoms with Crippen LogP contribution in [0.5, 0.6) is 0 Å². The summed E-state index contributed by atoms with van der Waals surface area (Å²) in [6.45, 7) is 8.37. The molecule has 1 fully saturated rings. The molecular formula is C22H36N2O5. The number of allylic oxidation sites excluding steroid dienone is 1. The van der Waals surface area contributed by atoms with Crippen LogP contribution >= 0.6 is 0 Å². The summed E-state index contributed by atoms with van der Waals surface area (Å²) >= 11 is 0. The summed E-state index contributed by atoms with van der Waals surface area (Å²) in [5.41, 5.74) is 0. The highest BCUT2D eigenvalue weighted by Crippen LogP contribution is 2.45. The minimum atomic E-state index is -0.616. The standard InChI is InChI=1S/C22H36N2O5/c1-5-15-10-11-16-18(17(15)22(28)29-6-2)21(27)24(12-8-7-9-13-25)19(16)20(26)23-14(3)4/h10-11,14-19,25H,5-9,12-13H2,1-4H3,(H,23,26)/t15-,16+,17-,18-,19+/m1/s1. The molecular weight excluding hydrogens is 372 g/mol. The number of amides is 2. The number of carbonyl (C=O) groups is 3. The van der Waals surface area contributed by atoms with Crippen molar-refractivity contribution in [2.75, 3.05) is 19.8 Å². The van der Waals surface area contributed by atoms with Crippen LogP contribution in [0.3, 0.4) is 0 Å². The lowest BCUT2D eigenvalue weighted by Crippen LogP contribution is -2.49. The van der Waals surface area contributed by atoms with E-state index in [0.717, 1.165) is 12.8 Å². The van der Waals surface area contributed by atoms with Gasteiger partial charge in [-0.3, -0.25) is 14.4 Å². The van der Waals surface area contributed by atoms with Gasteiger partial charge in [-0.1, -0.05) is 19.1 Å². The molecule has 0 spiro atoms. The molecule has 29 heavy (non-hydrogen) atoms. The number of aliphatic hydroxyl groups excluding tert-OH is 1. The predicted octanol–water partition coefficient (Wildman–Crippen LogP) is 1.89. The third-order valence-electron chi connectivity index (χ3n) is 5.90. The first-order valence-electron chi connectivity index (χ1n) is 10.9. The number of esters is 1. The summed E-state index contributed by atoms with van der Waals surface area (Å²) in [6.07, 6.45) is 6.84. The Balaban J connectivity index is 2.35. The number of rotatable bonds is 10. The average molecular weight is 409 g/mol. The third kappa shape index (κ3) is 5.18. The number of unbranched alkanes of at least 4 members (excludes halogenated alkanes) is 2. The molecule has 0 aromatic heterocycles. The fourth-order valence-corrected chi connectivity index (χ4v) is 4.63. The van der Waals surface area contributed by atoms with Crippen LogP contribution in [-0.2, 0) is 19.1 Å². The molecule has 7 heteroatoms. The van der Waals surface area contributed by atoms with Gasteiger partial charge in [0.15, 0.2) is 0 Å². The second-order valence-corrected chi connectivity index (χ2v) is 8.26. The maximum absolute atomic E-state index is 13.4. The van der Waals surface area contributed by atoms with Crippen molar-refractivity contribution in [1.82, 2.24) is 10.2 Å². The van der Waals surface area contributed by atoms with Crippen molar-refractivity contribution < 1.29 is 24.2 Å². The summed E-state index contributed by atoms with van der Waals surface area (Å²) in [5, 5.41) is 12.0. The van der Waals surface area contributed by atoms with Crippen LogP contribution < -0.4 is 5.32 Å². The topological polar surface area (TPSA) is 95.9 Å². The van der Waals surface area contributed by atoms with Crippen LogP contribution in [-0.4, -0.2) is 59.6 Å². The van der Waals surface area contributed by atoms with Crippen LogP contribution in [0.25, 0.3) is 0 Å². The van der Waals surface area contributed by atoms with Gasteiger partial charge in [0.1, 0.15) is 6.04 Å². The van der Waals surface area contributed by atoms with Gasteiger partial charge >= 0.3 is 5.97 Å². The van der Waals surface area contributed by atoms with E-state index in [0.29, 0.717) is 19.4 Å². The Labute approximate surface area is 173 Å². The zero-order valence-electron chi connectivity index (χ0n) is 18.1. The lowest BCUT2D eigenvalue weighted by Gasteiger charge is -2.33. The Morgan fingerprint density at radius 2 is 1.93 bits per heavy atom. The van der Waals surface area contributed by atoms with E-state index in [9.17, 15) is 14.4 Å². The molecule has 2 N–H and O–H groups in total. The first-order chi connectivity index (χ1) is 13.9. The molecule has 0 saturated carbocycles. The second-order valence-electron chi connectivity index (χ2n) is 8.26. The van der Waals surface area contributed by atoms with Gasteiger partial charge < -0.3 is 20.1 Å². The number of carbonyl (C=O) groups excluding carboxylic acids is 3. The van der Waals surface area contributed by atoms with E-state index in [4.69, 9.17) is 9.84 Å². The second kappa shape index (κ2) is 10.8. The molecule has 0 aromatic rings. The van der Waals surface area contributed by atoms with Crippen molar-refractivity contribution in [3.8, 4) is 0 Å². The molecule has 0 aromatic carbocycles. The maximum Gasteiger partial charge on any atom is 0.310 e. The number of aliphatic hydroxyl groups is 1. The number of likely N-dealkylation sites (tertiary alicyclic amines) is 1. The fraction of sp³-hybridized carbons (Fsp3) is 0.773. The summed E-state index contributed by atoms with van der Waals surface area (Å²) in [5.74, 6) is -2.19. The Morgan fingerprint density at radius 3 is 2.52 bits per heavy atom. The molecule has 1 saturated heterocycles. The summed E-state index contributed by atoms with van der Waals surface area (Å²) in [7, 11) is 0. The number of nitrogens with one attached hydrogen (secondary N) is 1. The minimum Gasteiger partial charge on any atom is -0.466 e. The quantitative estimate of drug-likeness (QED) is 0.327. The molecule has 7 nitrogen and oxygen atoms in total. The van der Waals surface area contributed by atoms with Gasteiger partial charge in [0, 0.05) is 25.1 Å². The SMILES string of the molecule is CCOC(=O)[C@H]1[C@@H]2C(=O)N(CCCCCO)[C@H](C(=O)NC(C)C)[C@H]2C=C[C@H]1CC. The monoisotopic (exact) mass is 408 g/mol. The first kappa shape index (κ1) is 23.4. The zero-order chi connectivity index (χ0) is 21.6. The first-order valence-corrected chi connectivity index (χ1v) is 10.9. The van der Waals surface area contributed by atoms with Crippen LogP contribution in [0, 0.1) is 23.7 Å². The number of hydrogen-bond donors (Lipinski definition) is 2. The Morgan fingerprint density at radius 1 is 1.21 bits per heavy atom. The third-order valence-corrected chi connectivity index (χ3v) is 5.90. The van der Waals surface area contributed by atoms with E-state index < -0.39 is 17.9 Å². The molecule has 1 heterocycles. The van der Waals surface area contributed by atoms with Crippen LogP contribution in [0.4, 0.5) is 0 Å². The fourth-order valence-electron chi connectivity index (χ4n) is 4.63. The van der Waals surface area contributed by atoms with Crippen LogP contribution in [0.2, 0.25) is 0 Å². The maximum atomic E-state index is 13.4. The minimum absolute atomic E-state index is 0.0373. The molecule has 0 bridgehead atoms. The predicted molar refractivity (Wildman–Crippen MR) is 110 cm³/mol. The highest BCUT2D eigenvalue weighted by Gasteiger charge is 2.57. The van der Waals surface area contributed by atoms with Gasteiger partial charge in [-0.25, -0.2) is 0 Å². The highest BCUT2D eigenvalue weighted by molar-refractivity contribution is 5.96. The molecule has 0 unspecified atom stereocenters. The van der Waals surface area contributed by atoms with E-state index in [1.807, 2.05) is 32.9 Å². The zero-order valence-corrected chi connectivity index (χ0v) is 18.1. The molecule has 2 rings (SSSR count). The van der Waals surface area contributed by atoms with Crippen molar-refractivity contribution in [3.63, 3.8) is 0 Å². The largest absolute Gasteiger partial charge is 0.466 e. The molecule has 0 radical (unpaired) electrons. The van der Waals surface area contributed by atoms with E-state index >= 15 is 0 Å². The van der Waals surface area contributed by atoms with Crippen molar-refractivity contribution in [2.45, 2.75) is 65.5 Å². The van der Waals surface area contributed by atoms with Crippen molar-refractivity contribution in [1.29, 1.82) is 0 Å². The highest BCUT2D eigenvalue weighted by atomic mass is 16.5. The number of nitrogens with zero attached hydrogens (tertiary/aromatic N) is 1. The summed E-state index contributed by atoms with van der Waals surface area (Å²) in [6, 6.07) is -0.653. The lowest BCUT2D eigenvalue weighted by atomic mass is 9.69. The van der Waals surface area contributed by atoms with Crippen molar-refractivity contribution in [2.24, 2.45) is 23.7 Å². The van der Waals surface area contributed by atoms with Gasteiger partial charge in [0.25, 0.3) is 0 Å². The summed E-state index contributed by atoms with van der Waals surface area (Å²) < 4.78 is 5.31. The van der Waals surface area contributed by atoms with Crippen molar-refractivity contribution in [3.05, 3.63) is 12.2 Å². The van der Waals surface area contributed by atoms with Gasteiger partial charge in [-0.2, -0.15) is 0 Å². The summed E-state index contributed by atoms with van der Waals surface area (Å²) in [4.78, 5) is 40.9. The van der Waals surface area contributed by atoms with Gasteiger partial charge in [-0.05, 0) is 52.4 Å². The Kier molecular flexibility index (Phi) is 8.68.